The second-order valence-corrected chi connectivity index (χ2v) is 5.72. The lowest BCUT2D eigenvalue weighted by Crippen LogP contribution is -2.37. The van der Waals surface area contributed by atoms with Crippen LogP contribution in [0.5, 0.6) is 0 Å². The Kier molecular flexibility index (Phi) is 9.54. The smallest absolute Gasteiger partial charge is 0.191 e. The van der Waals surface area contributed by atoms with Crippen molar-refractivity contribution in [3.05, 3.63) is 35.0 Å². The Bertz CT molecular complexity index is 642. The molecule has 0 aliphatic heterocycles. The van der Waals surface area contributed by atoms with Crippen LogP contribution in [0.4, 0.5) is 0 Å². The Morgan fingerprint density at radius 1 is 1.28 bits per heavy atom. The standard InChI is InChI=1S/C17H28N6O.HI/c1-5-15-14(16(6-2)24-22-15)11-20-17(18-3)19-9-7-8-13-10-21-23(4)12-13;/h10,12H,5-9,11H2,1-4H3,(H2,18,19,20);1H. The molecule has 0 aliphatic rings. The number of rotatable bonds is 8. The van der Waals surface area contributed by atoms with E-state index in [0.717, 1.165) is 55.2 Å². The van der Waals surface area contributed by atoms with Crippen molar-refractivity contribution in [2.45, 2.75) is 46.1 Å². The molecular formula is C17H29IN6O. The number of nitrogens with one attached hydrogen (secondary N) is 2. The fourth-order valence-electron chi connectivity index (χ4n) is 2.63. The number of nitrogens with zero attached hydrogens (tertiary/aromatic N) is 4. The van der Waals surface area contributed by atoms with Crippen molar-refractivity contribution < 1.29 is 4.52 Å². The number of aliphatic imine (C=N–C) groups is 1. The zero-order valence-corrected chi connectivity index (χ0v) is 17.8. The molecular weight excluding hydrogens is 431 g/mol. The summed E-state index contributed by atoms with van der Waals surface area (Å²) in [5, 5.41) is 15.0. The highest BCUT2D eigenvalue weighted by atomic mass is 127. The van der Waals surface area contributed by atoms with E-state index >= 15 is 0 Å². The van der Waals surface area contributed by atoms with Gasteiger partial charge in [0, 0.05) is 45.4 Å². The van der Waals surface area contributed by atoms with Gasteiger partial charge in [-0.3, -0.25) is 9.67 Å². The summed E-state index contributed by atoms with van der Waals surface area (Å²) in [4.78, 5) is 4.27. The molecule has 0 amide bonds. The maximum atomic E-state index is 5.39. The lowest BCUT2D eigenvalue weighted by molar-refractivity contribution is 0.380. The predicted molar refractivity (Wildman–Crippen MR) is 110 cm³/mol. The monoisotopic (exact) mass is 460 g/mol. The van der Waals surface area contributed by atoms with Crippen LogP contribution in [0.2, 0.25) is 0 Å². The van der Waals surface area contributed by atoms with Crippen molar-refractivity contribution in [1.29, 1.82) is 0 Å². The SMILES string of the molecule is CCc1noc(CC)c1CNC(=NC)NCCCc1cnn(C)c1.I. The second kappa shape index (κ2) is 11.1. The first-order chi connectivity index (χ1) is 11.7. The Balaban J connectivity index is 0.00000312. The number of hydrogen-bond acceptors (Lipinski definition) is 4. The fourth-order valence-corrected chi connectivity index (χ4v) is 2.63. The first-order valence-electron chi connectivity index (χ1n) is 8.56. The number of hydrogen-bond donors (Lipinski definition) is 2. The van der Waals surface area contributed by atoms with Crippen molar-refractivity contribution in [3.63, 3.8) is 0 Å². The third-order valence-corrected chi connectivity index (χ3v) is 3.96. The molecule has 0 aliphatic carbocycles. The molecule has 2 heterocycles. The quantitative estimate of drug-likeness (QED) is 0.274. The van der Waals surface area contributed by atoms with Gasteiger partial charge in [0.05, 0.1) is 11.9 Å². The first kappa shape index (κ1) is 21.5. The number of halogens is 1. The molecule has 0 unspecified atom stereocenters. The van der Waals surface area contributed by atoms with Crippen molar-refractivity contribution in [2.75, 3.05) is 13.6 Å². The maximum Gasteiger partial charge on any atom is 0.191 e. The van der Waals surface area contributed by atoms with Gasteiger partial charge in [-0.15, -0.1) is 24.0 Å². The predicted octanol–water partition coefficient (Wildman–Crippen LogP) is 2.45. The average molecular weight is 460 g/mol. The van der Waals surface area contributed by atoms with E-state index in [9.17, 15) is 0 Å². The van der Waals surface area contributed by atoms with Gasteiger partial charge in [-0.2, -0.15) is 5.10 Å². The van der Waals surface area contributed by atoms with E-state index in [2.05, 4.69) is 45.9 Å². The van der Waals surface area contributed by atoms with Gasteiger partial charge in [0.15, 0.2) is 5.96 Å². The zero-order chi connectivity index (χ0) is 17.4. The number of aryl methyl sites for hydroxylation is 4. The van der Waals surface area contributed by atoms with Crippen LogP contribution in [0.3, 0.4) is 0 Å². The summed E-state index contributed by atoms with van der Waals surface area (Å²) < 4.78 is 7.23. The Morgan fingerprint density at radius 2 is 2.08 bits per heavy atom. The largest absolute Gasteiger partial charge is 0.361 e. The minimum absolute atomic E-state index is 0. The minimum Gasteiger partial charge on any atom is -0.361 e. The summed E-state index contributed by atoms with van der Waals surface area (Å²) in [6, 6.07) is 0. The van der Waals surface area contributed by atoms with Crippen molar-refractivity contribution in [2.24, 2.45) is 12.0 Å². The molecule has 25 heavy (non-hydrogen) atoms. The lowest BCUT2D eigenvalue weighted by atomic mass is 10.1. The van der Waals surface area contributed by atoms with Crippen LogP contribution in [0.1, 0.15) is 42.8 Å². The van der Waals surface area contributed by atoms with E-state index < -0.39 is 0 Å². The molecule has 0 spiro atoms. The molecule has 0 atom stereocenters. The van der Waals surface area contributed by atoms with Gasteiger partial charge in [-0.25, -0.2) is 0 Å². The summed E-state index contributed by atoms with van der Waals surface area (Å²) in [6.45, 7) is 5.71. The molecule has 0 bridgehead atoms. The highest BCUT2D eigenvalue weighted by Crippen LogP contribution is 2.15. The van der Waals surface area contributed by atoms with Crippen LogP contribution in [-0.2, 0) is 32.9 Å². The van der Waals surface area contributed by atoms with E-state index in [0.29, 0.717) is 6.54 Å². The minimum atomic E-state index is 0. The normalized spacial score (nSPS) is 11.3. The zero-order valence-electron chi connectivity index (χ0n) is 15.5. The Hall–Kier alpha value is -1.58. The van der Waals surface area contributed by atoms with Crippen LogP contribution in [-0.4, -0.2) is 34.5 Å². The van der Waals surface area contributed by atoms with Crippen molar-refractivity contribution >= 4 is 29.9 Å². The van der Waals surface area contributed by atoms with Crippen molar-refractivity contribution in [1.82, 2.24) is 25.6 Å². The van der Waals surface area contributed by atoms with Crippen LogP contribution >= 0.6 is 24.0 Å². The molecule has 0 aromatic carbocycles. The third kappa shape index (κ3) is 6.33. The van der Waals surface area contributed by atoms with Gasteiger partial charge in [-0.1, -0.05) is 19.0 Å². The van der Waals surface area contributed by atoms with Crippen LogP contribution in [0, 0.1) is 0 Å². The number of guanidine groups is 1. The molecule has 140 valence electrons. The first-order valence-corrected chi connectivity index (χ1v) is 8.56. The molecule has 2 N–H and O–H groups in total. The summed E-state index contributed by atoms with van der Waals surface area (Å²) in [5.41, 5.74) is 3.43. The summed E-state index contributed by atoms with van der Waals surface area (Å²) in [6.07, 6.45) is 7.72. The highest BCUT2D eigenvalue weighted by molar-refractivity contribution is 14.0. The molecule has 2 aromatic heterocycles. The van der Waals surface area contributed by atoms with E-state index in [4.69, 9.17) is 4.52 Å². The molecule has 2 aromatic rings. The second-order valence-electron chi connectivity index (χ2n) is 5.72. The topological polar surface area (TPSA) is 80.3 Å². The third-order valence-electron chi connectivity index (χ3n) is 3.96. The molecule has 8 heteroatoms. The van der Waals surface area contributed by atoms with Crippen molar-refractivity contribution in [3.8, 4) is 0 Å². The van der Waals surface area contributed by atoms with Gasteiger partial charge in [0.2, 0.25) is 0 Å². The molecule has 0 saturated carbocycles. The highest BCUT2D eigenvalue weighted by Gasteiger charge is 2.13. The molecule has 0 radical (unpaired) electrons. The Labute approximate surface area is 166 Å². The van der Waals surface area contributed by atoms with E-state index in [-0.39, 0.29) is 24.0 Å². The van der Waals surface area contributed by atoms with Gasteiger partial charge in [0.25, 0.3) is 0 Å². The van der Waals surface area contributed by atoms with E-state index in [1.807, 2.05) is 17.9 Å². The van der Waals surface area contributed by atoms with Crippen LogP contribution < -0.4 is 10.6 Å². The van der Waals surface area contributed by atoms with Gasteiger partial charge < -0.3 is 15.2 Å². The Morgan fingerprint density at radius 3 is 2.68 bits per heavy atom. The van der Waals surface area contributed by atoms with Gasteiger partial charge >= 0.3 is 0 Å². The summed E-state index contributed by atoms with van der Waals surface area (Å²) in [7, 11) is 3.72. The molecule has 7 nitrogen and oxygen atoms in total. The van der Waals surface area contributed by atoms with E-state index in [1.165, 1.54) is 5.56 Å². The van der Waals surface area contributed by atoms with E-state index in [1.54, 1.807) is 7.05 Å². The summed E-state index contributed by atoms with van der Waals surface area (Å²) in [5.74, 6) is 1.75. The van der Waals surface area contributed by atoms with Crippen LogP contribution in [0.25, 0.3) is 0 Å². The average Bonchev–Trinajstić information content (AvgIpc) is 3.19. The molecule has 0 saturated heterocycles. The number of aromatic nitrogens is 3. The fraction of sp³-hybridized carbons (Fsp3) is 0.588. The lowest BCUT2D eigenvalue weighted by Gasteiger charge is -2.12. The van der Waals surface area contributed by atoms with Gasteiger partial charge in [0.1, 0.15) is 5.76 Å². The molecule has 2 rings (SSSR count). The maximum absolute atomic E-state index is 5.39. The summed E-state index contributed by atoms with van der Waals surface area (Å²) >= 11 is 0. The van der Waals surface area contributed by atoms with Gasteiger partial charge in [-0.05, 0) is 24.8 Å². The molecule has 0 fully saturated rings. The van der Waals surface area contributed by atoms with Crippen LogP contribution in [0.15, 0.2) is 21.9 Å².